The normalized spacial score (nSPS) is 22.4. The maximum absolute atomic E-state index is 10.5. The number of phenols is 1. The first-order chi connectivity index (χ1) is 13.9. The average Bonchev–Trinajstić information content (AvgIpc) is 3.34. The minimum Gasteiger partial charge on any atom is -0.507 e. The molecule has 7 nitrogen and oxygen atoms in total. The SMILES string of the molecule is Cc1cc(Cl)cc(O)c1-c1nc2nc(N3CC[C@]4(CCCN4C)C3)cnc2n1C. The molecule has 1 spiro atoms. The van der Waals surface area contributed by atoms with Crippen LogP contribution in [0.1, 0.15) is 24.8 Å². The number of halogens is 1. The minimum atomic E-state index is 0.111. The molecular weight excluding hydrogens is 388 g/mol. The number of aromatic hydroxyl groups is 1. The smallest absolute Gasteiger partial charge is 0.200 e. The first kappa shape index (κ1) is 18.6. The highest BCUT2D eigenvalue weighted by Crippen LogP contribution is 2.38. The van der Waals surface area contributed by atoms with E-state index in [2.05, 4.69) is 21.8 Å². The number of aryl methyl sites for hydroxylation is 2. The molecule has 0 bridgehead atoms. The maximum Gasteiger partial charge on any atom is 0.200 e. The lowest BCUT2D eigenvalue weighted by Crippen LogP contribution is -2.43. The van der Waals surface area contributed by atoms with Crippen LogP contribution in [0.4, 0.5) is 5.82 Å². The average molecular weight is 413 g/mol. The van der Waals surface area contributed by atoms with Gasteiger partial charge in [-0.15, -0.1) is 0 Å². The lowest BCUT2D eigenvalue weighted by molar-refractivity contribution is 0.198. The summed E-state index contributed by atoms with van der Waals surface area (Å²) in [7, 11) is 4.13. The molecule has 152 valence electrons. The first-order valence-corrected chi connectivity index (χ1v) is 10.4. The summed E-state index contributed by atoms with van der Waals surface area (Å²) < 4.78 is 1.87. The third-order valence-electron chi connectivity index (χ3n) is 6.67. The lowest BCUT2D eigenvalue weighted by Gasteiger charge is -2.32. The number of benzene rings is 1. The largest absolute Gasteiger partial charge is 0.507 e. The van der Waals surface area contributed by atoms with Gasteiger partial charge in [-0.3, -0.25) is 4.90 Å². The van der Waals surface area contributed by atoms with Gasteiger partial charge < -0.3 is 14.6 Å². The molecule has 2 saturated heterocycles. The molecular formula is C21H25ClN6O. The molecule has 0 saturated carbocycles. The van der Waals surface area contributed by atoms with Crippen molar-refractivity contribution in [2.24, 2.45) is 7.05 Å². The van der Waals surface area contributed by atoms with Crippen molar-refractivity contribution in [1.29, 1.82) is 0 Å². The van der Waals surface area contributed by atoms with E-state index in [1.54, 1.807) is 0 Å². The number of hydrogen-bond donors (Lipinski definition) is 1. The van der Waals surface area contributed by atoms with Crippen molar-refractivity contribution in [3.63, 3.8) is 0 Å². The Hall–Kier alpha value is -2.38. The topological polar surface area (TPSA) is 70.3 Å². The zero-order valence-electron chi connectivity index (χ0n) is 17.0. The monoisotopic (exact) mass is 412 g/mol. The number of likely N-dealkylation sites (N-methyl/N-ethyl adjacent to an activating group) is 1. The van der Waals surface area contributed by atoms with Gasteiger partial charge in [-0.25, -0.2) is 15.0 Å². The predicted molar refractivity (Wildman–Crippen MR) is 115 cm³/mol. The van der Waals surface area contributed by atoms with E-state index in [0.29, 0.717) is 27.7 Å². The molecule has 1 aromatic carbocycles. The minimum absolute atomic E-state index is 0.111. The second kappa shape index (κ2) is 6.57. The molecule has 29 heavy (non-hydrogen) atoms. The van der Waals surface area contributed by atoms with Gasteiger partial charge in [-0.2, -0.15) is 0 Å². The highest BCUT2D eigenvalue weighted by molar-refractivity contribution is 6.31. The molecule has 1 N–H and O–H groups in total. The molecule has 8 heteroatoms. The number of fused-ring (bicyclic) bond motifs is 1. The fourth-order valence-corrected chi connectivity index (χ4v) is 5.25. The van der Waals surface area contributed by atoms with Gasteiger partial charge in [0.25, 0.3) is 0 Å². The van der Waals surface area contributed by atoms with Gasteiger partial charge in [0.05, 0.1) is 11.8 Å². The van der Waals surface area contributed by atoms with E-state index in [1.807, 2.05) is 30.8 Å². The highest BCUT2D eigenvalue weighted by Gasteiger charge is 2.44. The fourth-order valence-electron chi connectivity index (χ4n) is 4.98. The van der Waals surface area contributed by atoms with Gasteiger partial charge in [-0.1, -0.05) is 11.6 Å². The van der Waals surface area contributed by atoms with Crippen molar-refractivity contribution in [3.05, 3.63) is 28.9 Å². The molecule has 5 rings (SSSR count). The van der Waals surface area contributed by atoms with Crippen molar-refractivity contribution in [3.8, 4) is 17.1 Å². The Morgan fingerprint density at radius 2 is 1.97 bits per heavy atom. The molecule has 2 fully saturated rings. The van der Waals surface area contributed by atoms with Gasteiger partial charge in [0.1, 0.15) is 17.4 Å². The van der Waals surface area contributed by atoms with Crippen LogP contribution in [0, 0.1) is 6.92 Å². The lowest BCUT2D eigenvalue weighted by atomic mass is 9.96. The standard InChI is InChI=1S/C21H25ClN6O/c1-13-9-14(22)10-15(29)17(13)19-25-18-20(27(19)3)23-11-16(24-18)28-8-6-21(12-28)5-4-7-26(21)2/h9-11,29H,4-8,12H2,1-3H3/t21-/m1/s1. The Kier molecular flexibility index (Phi) is 4.22. The van der Waals surface area contributed by atoms with Crippen LogP contribution in [0.3, 0.4) is 0 Å². The van der Waals surface area contributed by atoms with E-state index in [1.165, 1.54) is 25.5 Å². The van der Waals surface area contributed by atoms with Gasteiger partial charge in [0.2, 0.25) is 0 Å². The molecule has 2 aliphatic rings. The number of anilines is 1. The van der Waals surface area contributed by atoms with Crippen LogP contribution in [-0.2, 0) is 7.05 Å². The second-order valence-corrected chi connectivity index (χ2v) is 8.84. The number of phenolic OH excluding ortho intramolecular Hbond substituents is 1. The predicted octanol–water partition coefficient (Wildman–Crippen LogP) is 3.37. The van der Waals surface area contributed by atoms with Crippen LogP contribution in [-0.4, -0.2) is 61.7 Å². The summed E-state index contributed by atoms with van der Waals surface area (Å²) in [5.41, 5.74) is 3.09. The van der Waals surface area contributed by atoms with Crippen molar-refractivity contribution < 1.29 is 5.11 Å². The maximum atomic E-state index is 10.5. The summed E-state index contributed by atoms with van der Waals surface area (Å²) in [5, 5.41) is 11.0. The summed E-state index contributed by atoms with van der Waals surface area (Å²) >= 11 is 6.06. The molecule has 0 radical (unpaired) electrons. The van der Waals surface area contributed by atoms with Crippen LogP contribution in [0.25, 0.3) is 22.7 Å². The summed E-state index contributed by atoms with van der Waals surface area (Å²) in [6.07, 6.45) is 5.52. The number of hydrogen-bond acceptors (Lipinski definition) is 6. The number of rotatable bonds is 2. The number of imidazole rings is 1. The fraction of sp³-hybridized carbons (Fsp3) is 0.476. The van der Waals surface area contributed by atoms with Crippen molar-refractivity contribution in [2.45, 2.75) is 31.7 Å². The zero-order chi connectivity index (χ0) is 20.3. The van der Waals surface area contributed by atoms with Gasteiger partial charge in [-0.05, 0) is 57.5 Å². The van der Waals surface area contributed by atoms with Crippen molar-refractivity contribution >= 4 is 28.7 Å². The van der Waals surface area contributed by atoms with E-state index in [4.69, 9.17) is 21.6 Å². The second-order valence-electron chi connectivity index (χ2n) is 8.41. The van der Waals surface area contributed by atoms with Crippen molar-refractivity contribution in [1.82, 2.24) is 24.4 Å². The summed E-state index contributed by atoms with van der Waals surface area (Å²) in [6, 6.07) is 3.36. The summed E-state index contributed by atoms with van der Waals surface area (Å²) in [5.74, 6) is 1.62. The number of likely N-dealkylation sites (tertiary alicyclic amines) is 1. The van der Waals surface area contributed by atoms with Gasteiger partial charge in [0, 0.05) is 30.7 Å². The van der Waals surface area contributed by atoms with E-state index in [9.17, 15) is 5.11 Å². The molecule has 0 unspecified atom stereocenters. The molecule has 2 aromatic heterocycles. The third-order valence-corrected chi connectivity index (χ3v) is 6.89. The molecule has 3 aromatic rings. The molecule has 0 aliphatic carbocycles. The van der Waals surface area contributed by atoms with Gasteiger partial charge >= 0.3 is 0 Å². The summed E-state index contributed by atoms with van der Waals surface area (Å²) in [6.45, 7) is 5.06. The summed E-state index contributed by atoms with van der Waals surface area (Å²) in [4.78, 5) is 19.0. The quantitative estimate of drug-likeness (QED) is 0.695. The van der Waals surface area contributed by atoms with Crippen LogP contribution in [0.2, 0.25) is 5.02 Å². The van der Waals surface area contributed by atoms with Crippen molar-refractivity contribution in [2.75, 3.05) is 31.6 Å². The Bertz CT molecular complexity index is 1090. The van der Waals surface area contributed by atoms with E-state index in [0.717, 1.165) is 30.9 Å². The van der Waals surface area contributed by atoms with Crippen LogP contribution in [0.15, 0.2) is 18.3 Å². The van der Waals surface area contributed by atoms with Gasteiger partial charge in [0.15, 0.2) is 11.3 Å². The third kappa shape index (κ3) is 2.87. The Morgan fingerprint density at radius 1 is 1.14 bits per heavy atom. The molecule has 4 heterocycles. The van der Waals surface area contributed by atoms with E-state index < -0.39 is 0 Å². The number of nitrogens with zero attached hydrogens (tertiary/aromatic N) is 6. The molecule has 1 atom stereocenters. The van der Waals surface area contributed by atoms with Crippen LogP contribution < -0.4 is 4.90 Å². The highest BCUT2D eigenvalue weighted by atomic mass is 35.5. The molecule has 2 aliphatic heterocycles. The van der Waals surface area contributed by atoms with Crippen LogP contribution >= 0.6 is 11.6 Å². The Balaban J connectivity index is 1.53. The Labute approximate surface area is 175 Å². The Morgan fingerprint density at radius 3 is 2.69 bits per heavy atom. The first-order valence-electron chi connectivity index (χ1n) is 10.0. The zero-order valence-corrected chi connectivity index (χ0v) is 17.7. The van der Waals surface area contributed by atoms with E-state index >= 15 is 0 Å². The van der Waals surface area contributed by atoms with E-state index in [-0.39, 0.29) is 11.3 Å². The van der Waals surface area contributed by atoms with Crippen LogP contribution in [0.5, 0.6) is 5.75 Å². The number of aromatic nitrogens is 4. The molecule has 0 amide bonds.